The third-order valence-electron chi connectivity index (χ3n) is 3.93. The molecule has 1 aliphatic rings. The highest BCUT2D eigenvalue weighted by atomic mass is 16.5. The van der Waals surface area contributed by atoms with Gasteiger partial charge in [-0.3, -0.25) is 9.69 Å². The topological polar surface area (TPSA) is 66.5 Å². The van der Waals surface area contributed by atoms with Gasteiger partial charge in [0.25, 0.3) is 5.91 Å². The van der Waals surface area contributed by atoms with E-state index in [1.54, 1.807) is 6.20 Å². The summed E-state index contributed by atoms with van der Waals surface area (Å²) in [6, 6.07) is 3.68. The Morgan fingerprint density at radius 1 is 1.26 bits per heavy atom. The van der Waals surface area contributed by atoms with Crippen LogP contribution in [0, 0.1) is 0 Å². The van der Waals surface area contributed by atoms with Gasteiger partial charge in [0.15, 0.2) is 0 Å². The molecule has 1 amide bonds. The molecule has 1 aromatic rings. The van der Waals surface area contributed by atoms with Crippen molar-refractivity contribution in [3.8, 4) is 0 Å². The minimum atomic E-state index is -0.0664. The first kappa shape index (κ1) is 17.7. The molecule has 0 saturated carbocycles. The van der Waals surface area contributed by atoms with Gasteiger partial charge in [0.2, 0.25) is 0 Å². The van der Waals surface area contributed by atoms with E-state index in [1.165, 1.54) is 12.8 Å². The molecule has 1 aliphatic heterocycles. The second kappa shape index (κ2) is 10.2. The molecule has 0 aromatic carbocycles. The molecule has 2 N–H and O–H groups in total. The van der Waals surface area contributed by atoms with Crippen molar-refractivity contribution in [2.75, 3.05) is 51.3 Å². The molecule has 0 aliphatic carbocycles. The highest BCUT2D eigenvalue weighted by Gasteiger charge is 2.11. The number of rotatable bonds is 9. The number of unbranched alkanes of at least 4 members (excludes halogenated alkanes) is 2. The number of hydrogen-bond donors (Lipinski definition) is 2. The van der Waals surface area contributed by atoms with Crippen molar-refractivity contribution in [1.29, 1.82) is 0 Å². The summed E-state index contributed by atoms with van der Waals surface area (Å²) in [4.78, 5) is 18.7. The molecular formula is C17H28N4O2. The van der Waals surface area contributed by atoms with E-state index in [-0.39, 0.29) is 5.91 Å². The number of amides is 1. The number of aromatic nitrogens is 1. The summed E-state index contributed by atoms with van der Waals surface area (Å²) in [6.07, 6.45) is 5.20. The van der Waals surface area contributed by atoms with E-state index in [0.717, 1.165) is 51.6 Å². The molecule has 1 aromatic heterocycles. The summed E-state index contributed by atoms with van der Waals surface area (Å²) in [5.41, 5.74) is 0.603. The number of hydrogen-bond acceptors (Lipinski definition) is 5. The van der Waals surface area contributed by atoms with E-state index < -0.39 is 0 Å². The number of carbonyl (C=O) groups is 1. The van der Waals surface area contributed by atoms with Gasteiger partial charge in [0.05, 0.1) is 18.8 Å². The van der Waals surface area contributed by atoms with Crippen molar-refractivity contribution in [3.63, 3.8) is 0 Å². The fraction of sp³-hybridized carbons (Fsp3) is 0.647. The van der Waals surface area contributed by atoms with Gasteiger partial charge in [-0.05, 0) is 18.6 Å². The molecule has 0 radical (unpaired) electrons. The van der Waals surface area contributed by atoms with Crippen LogP contribution < -0.4 is 10.6 Å². The molecule has 6 nitrogen and oxygen atoms in total. The van der Waals surface area contributed by atoms with Crippen molar-refractivity contribution < 1.29 is 9.53 Å². The molecule has 0 spiro atoms. The number of ether oxygens (including phenoxy) is 1. The molecule has 1 saturated heterocycles. The minimum Gasteiger partial charge on any atom is -0.379 e. The zero-order valence-corrected chi connectivity index (χ0v) is 14.0. The molecular weight excluding hydrogens is 292 g/mol. The molecule has 0 unspecified atom stereocenters. The quantitative estimate of drug-likeness (QED) is 0.679. The predicted molar refractivity (Wildman–Crippen MR) is 91.8 cm³/mol. The smallest absolute Gasteiger partial charge is 0.252 e. The number of morpholine rings is 1. The summed E-state index contributed by atoms with van der Waals surface area (Å²) in [5, 5.41) is 6.21. The lowest BCUT2D eigenvalue weighted by molar-refractivity contribution is 0.0383. The Hall–Kier alpha value is -1.66. The summed E-state index contributed by atoms with van der Waals surface area (Å²) in [7, 11) is 0. The lowest BCUT2D eigenvalue weighted by Gasteiger charge is -2.26. The van der Waals surface area contributed by atoms with Crippen molar-refractivity contribution >= 4 is 11.7 Å². The monoisotopic (exact) mass is 320 g/mol. The van der Waals surface area contributed by atoms with Crippen LogP contribution in [0.1, 0.15) is 36.5 Å². The molecule has 2 rings (SSSR count). The maximum absolute atomic E-state index is 12.1. The first-order valence-corrected chi connectivity index (χ1v) is 8.58. The van der Waals surface area contributed by atoms with E-state index in [2.05, 4.69) is 27.4 Å². The van der Waals surface area contributed by atoms with Crippen LogP contribution in [0.5, 0.6) is 0 Å². The van der Waals surface area contributed by atoms with Crippen LogP contribution in [-0.4, -0.2) is 61.7 Å². The van der Waals surface area contributed by atoms with Crippen LogP contribution in [0.4, 0.5) is 5.82 Å². The maximum Gasteiger partial charge on any atom is 0.252 e. The molecule has 2 heterocycles. The normalized spacial score (nSPS) is 15.3. The van der Waals surface area contributed by atoms with Crippen molar-refractivity contribution in [2.24, 2.45) is 0 Å². The molecule has 6 heteroatoms. The van der Waals surface area contributed by atoms with Crippen molar-refractivity contribution in [2.45, 2.75) is 26.2 Å². The SMILES string of the molecule is CCCCCNc1ccc(C(=O)NCCN2CCOCC2)cn1. The highest BCUT2D eigenvalue weighted by molar-refractivity contribution is 5.94. The summed E-state index contributed by atoms with van der Waals surface area (Å²) >= 11 is 0. The van der Waals surface area contributed by atoms with E-state index in [4.69, 9.17) is 4.74 Å². The number of pyridine rings is 1. The molecule has 23 heavy (non-hydrogen) atoms. The van der Waals surface area contributed by atoms with E-state index in [1.807, 2.05) is 12.1 Å². The van der Waals surface area contributed by atoms with Gasteiger partial charge >= 0.3 is 0 Å². The fourth-order valence-electron chi connectivity index (χ4n) is 2.48. The van der Waals surface area contributed by atoms with Crippen LogP contribution in [0.25, 0.3) is 0 Å². The van der Waals surface area contributed by atoms with Gasteiger partial charge in [-0.1, -0.05) is 19.8 Å². The largest absolute Gasteiger partial charge is 0.379 e. The molecule has 128 valence electrons. The van der Waals surface area contributed by atoms with E-state index in [0.29, 0.717) is 12.1 Å². The van der Waals surface area contributed by atoms with Gasteiger partial charge in [0, 0.05) is 38.9 Å². The fourth-order valence-corrected chi connectivity index (χ4v) is 2.48. The maximum atomic E-state index is 12.1. The third kappa shape index (κ3) is 6.54. The average molecular weight is 320 g/mol. The molecule has 0 atom stereocenters. The van der Waals surface area contributed by atoms with Gasteiger partial charge in [-0.2, -0.15) is 0 Å². The molecule has 1 fully saturated rings. The minimum absolute atomic E-state index is 0.0664. The second-order valence-corrected chi connectivity index (χ2v) is 5.78. The number of nitrogens with one attached hydrogen (secondary N) is 2. The van der Waals surface area contributed by atoms with Crippen LogP contribution in [0.3, 0.4) is 0 Å². The standard InChI is InChI=1S/C17H28N4O2/c1-2-3-4-7-18-16-6-5-15(14-20-16)17(22)19-8-9-21-10-12-23-13-11-21/h5-6,14H,2-4,7-13H2,1H3,(H,18,20)(H,19,22). The Balaban J connectivity index is 1.67. The van der Waals surface area contributed by atoms with Gasteiger partial charge in [-0.25, -0.2) is 4.98 Å². The van der Waals surface area contributed by atoms with Crippen LogP contribution in [0.15, 0.2) is 18.3 Å². The number of carbonyl (C=O) groups excluding carboxylic acids is 1. The Kier molecular flexibility index (Phi) is 7.83. The average Bonchev–Trinajstić information content (AvgIpc) is 2.60. The second-order valence-electron chi connectivity index (χ2n) is 5.78. The Morgan fingerprint density at radius 3 is 2.78 bits per heavy atom. The summed E-state index contributed by atoms with van der Waals surface area (Å²) in [5.74, 6) is 0.759. The van der Waals surface area contributed by atoms with Crippen molar-refractivity contribution in [3.05, 3.63) is 23.9 Å². The lowest BCUT2D eigenvalue weighted by atomic mass is 10.2. The Labute approximate surface area is 138 Å². The van der Waals surface area contributed by atoms with Crippen LogP contribution in [-0.2, 0) is 4.74 Å². The van der Waals surface area contributed by atoms with Gasteiger partial charge in [-0.15, -0.1) is 0 Å². The van der Waals surface area contributed by atoms with Gasteiger partial charge < -0.3 is 15.4 Å². The van der Waals surface area contributed by atoms with E-state index >= 15 is 0 Å². The first-order chi connectivity index (χ1) is 11.3. The lowest BCUT2D eigenvalue weighted by Crippen LogP contribution is -2.41. The Bertz CT molecular complexity index is 458. The van der Waals surface area contributed by atoms with Gasteiger partial charge in [0.1, 0.15) is 5.82 Å². The third-order valence-corrected chi connectivity index (χ3v) is 3.93. The Morgan fingerprint density at radius 2 is 2.09 bits per heavy atom. The number of nitrogens with zero attached hydrogens (tertiary/aromatic N) is 2. The highest BCUT2D eigenvalue weighted by Crippen LogP contribution is 2.06. The molecule has 0 bridgehead atoms. The summed E-state index contributed by atoms with van der Waals surface area (Å²) in [6.45, 7) is 8.06. The number of anilines is 1. The first-order valence-electron chi connectivity index (χ1n) is 8.58. The van der Waals surface area contributed by atoms with Crippen LogP contribution in [0.2, 0.25) is 0 Å². The van der Waals surface area contributed by atoms with E-state index in [9.17, 15) is 4.79 Å². The van der Waals surface area contributed by atoms with Crippen molar-refractivity contribution in [1.82, 2.24) is 15.2 Å². The zero-order chi connectivity index (χ0) is 16.3. The summed E-state index contributed by atoms with van der Waals surface area (Å²) < 4.78 is 5.31. The predicted octanol–water partition coefficient (Wildman–Crippen LogP) is 1.75. The zero-order valence-electron chi connectivity index (χ0n) is 14.0. The van der Waals surface area contributed by atoms with Crippen LogP contribution >= 0.6 is 0 Å².